The van der Waals surface area contributed by atoms with Gasteiger partial charge in [0.25, 0.3) is 0 Å². The lowest BCUT2D eigenvalue weighted by atomic mass is 10.1. The van der Waals surface area contributed by atoms with Gasteiger partial charge >= 0.3 is 0 Å². The molecule has 3 heterocycles. The molecule has 2 aliphatic rings. The van der Waals surface area contributed by atoms with Crippen molar-refractivity contribution in [3.8, 4) is 0 Å². The summed E-state index contributed by atoms with van der Waals surface area (Å²) in [5.41, 5.74) is 1.48. The Morgan fingerprint density at radius 1 is 1.25 bits per heavy atom. The van der Waals surface area contributed by atoms with Gasteiger partial charge in [-0.15, -0.1) is 0 Å². The van der Waals surface area contributed by atoms with E-state index in [0.29, 0.717) is 0 Å². The van der Waals surface area contributed by atoms with Crippen molar-refractivity contribution < 1.29 is 0 Å². The molecule has 2 saturated heterocycles. The zero-order chi connectivity index (χ0) is 10.8. The van der Waals surface area contributed by atoms with Gasteiger partial charge in [-0.1, -0.05) is 0 Å². The maximum Gasteiger partial charge on any atom is 0.0346 e. The van der Waals surface area contributed by atoms with Gasteiger partial charge in [-0.2, -0.15) is 11.3 Å². The van der Waals surface area contributed by atoms with E-state index in [2.05, 4.69) is 31.9 Å². The molecule has 1 aromatic rings. The molecule has 2 aliphatic heterocycles. The van der Waals surface area contributed by atoms with E-state index in [1.165, 1.54) is 44.8 Å². The van der Waals surface area contributed by atoms with Crippen molar-refractivity contribution in [1.29, 1.82) is 0 Å². The van der Waals surface area contributed by atoms with Gasteiger partial charge in [-0.25, -0.2) is 0 Å². The summed E-state index contributed by atoms with van der Waals surface area (Å²) in [6, 6.07) is 3.07. The summed E-state index contributed by atoms with van der Waals surface area (Å²) in [7, 11) is 0. The van der Waals surface area contributed by atoms with Gasteiger partial charge in [0.2, 0.25) is 0 Å². The number of piperazine rings is 1. The van der Waals surface area contributed by atoms with Crippen LogP contribution in [-0.2, 0) is 6.54 Å². The highest BCUT2D eigenvalue weighted by molar-refractivity contribution is 7.07. The fourth-order valence-corrected chi connectivity index (χ4v) is 3.12. The molecule has 1 aromatic heterocycles. The third-order valence-electron chi connectivity index (χ3n) is 3.67. The van der Waals surface area contributed by atoms with Crippen LogP contribution in [0.4, 0.5) is 0 Å². The zero-order valence-electron chi connectivity index (χ0n) is 9.56. The lowest BCUT2D eigenvalue weighted by molar-refractivity contribution is 0.0696. The van der Waals surface area contributed by atoms with E-state index >= 15 is 0 Å². The largest absolute Gasteiger partial charge is 0.314 e. The van der Waals surface area contributed by atoms with Crippen molar-refractivity contribution in [1.82, 2.24) is 15.1 Å². The Bertz CT molecular complexity index is 313. The fourth-order valence-electron chi connectivity index (χ4n) is 2.46. The van der Waals surface area contributed by atoms with Gasteiger partial charge in [0, 0.05) is 51.9 Å². The smallest absolute Gasteiger partial charge is 0.0346 e. The van der Waals surface area contributed by atoms with Gasteiger partial charge in [0.05, 0.1) is 0 Å². The lowest BCUT2D eigenvalue weighted by Crippen LogP contribution is -2.61. The number of nitrogens with zero attached hydrogens (tertiary/aromatic N) is 2. The van der Waals surface area contributed by atoms with Gasteiger partial charge < -0.3 is 5.32 Å². The Morgan fingerprint density at radius 3 is 2.62 bits per heavy atom. The van der Waals surface area contributed by atoms with Crippen molar-refractivity contribution >= 4 is 11.3 Å². The number of rotatable bonds is 3. The van der Waals surface area contributed by atoms with Crippen LogP contribution in [0.5, 0.6) is 0 Å². The van der Waals surface area contributed by atoms with Crippen LogP contribution >= 0.6 is 11.3 Å². The molecule has 16 heavy (non-hydrogen) atoms. The number of nitrogens with one attached hydrogen (secondary N) is 1. The highest BCUT2D eigenvalue weighted by Gasteiger charge is 2.27. The van der Waals surface area contributed by atoms with Gasteiger partial charge in [0.15, 0.2) is 0 Å². The molecule has 0 bridgehead atoms. The topological polar surface area (TPSA) is 18.5 Å². The molecule has 0 aliphatic carbocycles. The molecule has 3 rings (SSSR count). The van der Waals surface area contributed by atoms with Gasteiger partial charge in [-0.3, -0.25) is 9.80 Å². The third-order valence-corrected chi connectivity index (χ3v) is 4.40. The summed E-state index contributed by atoms with van der Waals surface area (Å²) in [5.74, 6) is 0. The molecule has 3 nitrogen and oxygen atoms in total. The van der Waals surface area contributed by atoms with Crippen molar-refractivity contribution in [3.05, 3.63) is 22.4 Å². The van der Waals surface area contributed by atoms with Crippen molar-refractivity contribution in [2.45, 2.75) is 12.6 Å². The predicted octanol–water partition coefficient (Wildman–Crippen LogP) is 0.837. The summed E-state index contributed by atoms with van der Waals surface area (Å²) < 4.78 is 0. The molecule has 4 heteroatoms. The van der Waals surface area contributed by atoms with E-state index in [4.69, 9.17) is 0 Å². The number of hydrogen-bond donors (Lipinski definition) is 1. The van der Waals surface area contributed by atoms with E-state index in [-0.39, 0.29) is 0 Å². The minimum atomic E-state index is 0.822. The van der Waals surface area contributed by atoms with Crippen molar-refractivity contribution in [2.75, 3.05) is 39.3 Å². The van der Waals surface area contributed by atoms with E-state index in [1.54, 1.807) is 11.3 Å². The van der Waals surface area contributed by atoms with E-state index in [1.807, 2.05) is 0 Å². The molecule has 0 amide bonds. The minimum Gasteiger partial charge on any atom is -0.314 e. The summed E-state index contributed by atoms with van der Waals surface area (Å²) in [6.07, 6.45) is 0. The monoisotopic (exact) mass is 237 g/mol. The maximum atomic E-state index is 3.35. The molecule has 0 radical (unpaired) electrons. The zero-order valence-corrected chi connectivity index (χ0v) is 10.4. The highest BCUT2D eigenvalue weighted by Crippen LogP contribution is 2.13. The standard InChI is InChI=1S/C12H19N3S/c1-6-16-10-11(1)9-14-2-4-15(5-3-14)12-7-13-8-12/h1,6,10,12-13H,2-5,7-9H2. The summed E-state index contributed by atoms with van der Waals surface area (Å²) in [4.78, 5) is 5.21. The van der Waals surface area contributed by atoms with Crippen LogP contribution in [0.25, 0.3) is 0 Å². The Labute approximate surface area is 101 Å². The van der Waals surface area contributed by atoms with Crippen molar-refractivity contribution in [3.63, 3.8) is 0 Å². The number of thiophene rings is 1. The van der Waals surface area contributed by atoms with Crippen LogP contribution in [0.15, 0.2) is 16.8 Å². The molecule has 2 fully saturated rings. The summed E-state index contributed by atoms with van der Waals surface area (Å²) >= 11 is 1.80. The van der Waals surface area contributed by atoms with E-state index in [9.17, 15) is 0 Å². The molecular weight excluding hydrogens is 218 g/mol. The Hall–Kier alpha value is -0.420. The molecule has 1 N–H and O–H groups in total. The SMILES string of the molecule is c1cc(CN2CCN(C3CNC3)CC2)cs1. The molecule has 0 spiro atoms. The first-order valence-corrected chi connectivity index (χ1v) is 7.04. The molecular formula is C12H19N3S. The first-order valence-electron chi connectivity index (χ1n) is 6.10. The Balaban J connectivity index is 1.47. The molecule has 0 unspecified atom stereocenters. The Morgan fingerprint density at radius 2 is 2.06 bits per heavy atom. The Kier molecular flexibility index (Phi) is 3.24. The van der Waals surface area contributed by atoms with Crippen LogP contribution in [0, 0.1) is 0 Å². The summed E-state index contributed by atoms with van der Waals surface area (Å²) in [6.45, 7) is 8.49. The molecule has 0 atom stereocenters. The average molecular weight is 237 g/mol. The fraction of sp³-hybridized carbons (Fsp3) is 0.667. The van der Waals surface area contributed by atoms with Crippen LogP contribution in [0.2, 0.25) is 0 Å². The second-order valence-electron chi connectivity index (χ2n) is 4.76. The van der Waals surface area contributed by atoms with E-state index in [0.717, 1.165) is 12.6 Å². The summed E-state index contributed by atoms with van der Waals surface area (Å²) in [5, 5.41) is 7.79. The number of hydrogen-bond acceptors (Lipinski definition) is 4. The quantitative estimate of drug-likeness (QED) is 0.840. The van der Waals surface area contributed by atoms with Crippen LogP contribution in [0.3, 0.4) is 0 Å². The van der Waals surface area contributed by atoms with Gasteiger partial charge in [-0.05, 0) is 22.4 Å². The molecule has 88 valence electrons. The second kappa shape index (κ2) is 4.84. The lowest BCUT2D eigenvalue weighted by Gasteiger charge is -2.43. The highest BCUT2D eigenvalue weighted by atomic mass is 32.1. The van der Waals surface area contributed by atoms with Crippen LogP contribution in [-0.4, -0.2) is 55.1 Å². The van der Waals surface area contributed by atoms with Crippen LogP contribution < -0.4 is 5.32 Å². The van der Waals surface area contributed by atoms with Crippen molar-refractivity contribution in [2.24, 2.45) is 0 Å². The molecule has 0 aromatic carbocycles. The maximum absolute atomic E-state index is 3.35. The normalized spacial score (nSPS) is 24.5. The minimum absolute atomic E-state index is 0.822. The van der Waals surface area contributed by atoms with Gasteiger partial charge in [0.1, 0.15) is 0 Å². The first kappa shape index (κ1) is 10.7. The first-order chi connectivity index (χ1) is 7.92. The predicted molar refractivity (Wildman–Crippen MR) is 67.8 cm³/mol. The average Bonchev–Trinajstić information content (AvgIpc) is 2.71. The molecule has 0 saturated carbocycles. The third kappa shape index (κ3) is 2.30. The van der Waals surface area contributed by atoms with Crippen LogP contribution in [0.1, 0.15) is 5.56 Å². The van der Waals surface area contributed by atoms with E-state index < -0.39 is 0 Å². The second-order valence-corrected chi connectivity index (χ2v) is 5.54.